The van der Waals surface area contributed by atoms with Gasteiger partial charge >= 0.3 is 0 Å². The Balaban J connectivity index is 0. The van der Waals surface area contributed by atoms with Crippen molar-refractivity contribution in [3.05, 3.63) is 0 Å². The first-order valence-corrected chi connectivity index (χ1v) is 2.32. The Kier molecular flexibility index (Phi) is 14.3. The van der Waals surface area contributed by atoms with Gasteiger partial charge in [0, 0.05) is 13.1 Å². The molecule has 7 heavy (non-hydrogen) atoms. The molecule has 0 rings (SSSR count). The summed E-state index contributed by atoms with van der Waals surface area (Å²) >= 11 is 0. The molecule has 0 aromatic rings. The predicted molar refractivity (Wildman–Crippen MR) is 37.9 cm³/mol. The van der Waals surface area contributed by atoms with Crippen molar-refractivity contribution in [2.24, 2.45) is 5.73 Å². The second-order valence-corrected chi connectivity index (χ2v) is 1.14. The lowest BCUT2D eigenvalue weighted by Crippen LogP contribution is -2.21. The molecule has 0 amide bonds. The second-order valence-electron chi connectivity index (χ2n) is 1.14. The van der Waals surface area contributed by atoms with Crippen LogP contribution in [-0.4, -0.2) is 19.6 Å². The number of likely N-dealkylation sites (N-methyl/N-ethyl adjacent to an activating group) is 1. The van der Waals surface area contributed by atoms with Gasteiger partial charge in [0.1, 0.15) is 0 Å². The highest BCUT2D eigenvalue weighted by molar-refractivity contribution is 8.93. The zero-order chi connectivity index (χ0) is 4.83. The van der Waals surface area contributed by atoms with Crippen molar-refractivity contribution in [1.29, 1.82) is 0 Å². The van der Waals surface area contributed by atoms with Crippen molar-refractivity contribution in [3.8, 4) is 0 Å². The van der Waals surface area contributed by atoms with E-state index in [1.807, 2.05) is 0 Å². The van der Waals surface area contributed by atoms with Gasteiger partial charge in [0.2, 0.25) is 0 Å². The van der Waals surface area contributed by atoms with Crippen LogP contribution in [0.2, 0.25) is 0 Å². The normalized spacial score (nSPS) is 7.71. The summed E-state index contributed by atoms with van der Waals surface area (Å²) in [7, 11) is 0. The summed E-state index contributed by atoms with van der Waals surface area (Å²) < 4.78 is 0. The first-order chi connectivity index (χ1) is 2.91. The minimum Gasteiger partial charge on any atom is -0.329 e. The molecule has 0 aliphatic carbocycles. The van der Waals surface area contributed by atoms with Crippen LogP contribution in [-0.2, 0) is 0 Å². The van der Waals surface area contributed by atoms with Gasteiger partial charge < -0.3 is 11.1 Å². The van der Waals surface area contributed by atoms with E-state index in [4.69, 9.17) is 5.73 Å². The molecule has 0 aliphatic heterocycles. The maximum absolute atomic E-state index is 5.15. The van der Waals surface area contributed by atoms with Gasteiger partial charge in [0.25, 0.3) is 0 Å². The van der Waals surface area contributed by atoms with Crippen molar-refractivity contribution in [2.45, 2.75) is 6.92 Å². The van der Waals surface area contributed by atoms with Crippen LogP contribution in [0.25, 0.3) is 0 Å². The minimum atomic E-state index is 0. The fraction of sp³-hybridized carbons (Fsp3) is 1.00. The first-order valence-electron chi connectivity index (χ1n) is 2.32. The molecule has 0 bridgehead atoms. The van der Waals surface area contributed by atoms with E-state index < -0.39 is 0 Å². The fourth-order valence-electron chi connectivity index (χ4n) is 0.279. The van der Waals surface area contributed by atoms with Gasteiger partial charge in [-0.15, -0.1) is 17.0 Å². The van der Waals surface area contributed by atoms with E-state index in [-0.39, 0.29) is 17.0 Å². The molecule has 0 saturated heterocycles. The minimum absolute atomic E-state index is 0. The van der Waals surface area contributed by atoms with Gasteiger partial charge in [-0.25, -0.2) is 0 Å². The van der Waals surface area contributed by atoms with Crippen LogP contribution in [0.15, 0.2) is 0 Å². The summed E-state index contributed by atoms with van der Waals surface area (Å²) in [6.45, 7) is 4.77. The third-order valence-electron chi connectivity index (χ3n) is 0.571. The van der Waals surface area contributed by atoms with E-state index in [9.17, 15) is 0 Å². The van der Waals surface area contributed by atoms with E-state index in [0.717, 1.165) is 19.6 Å². The predicted octanol–water partition coefficient (Wildman–Crippen LogP) is 0.132. The van der Waals surface area contributed by atoms with Crippen LogP contribution < -0.4 is 11.1 Å². The lowest BCUT2D eigenvalue weighted by molar-refractivity contribution is 0.725. The third-order valence-corrected chi connectivity index (χ3v) is 0.571. The Morgan fingerprint density at radius 1 is 1.57 bits per heavy atom. The van der Waals surface area contributed by atoms with Crippen molar-refractivity contribution in [2.75, 3.05) is 19.6 Å². The molecule has 46 valence electrons. The monoisotopic (exact) mass is 168 g/mol. The quantitative estimate of drug-likeness (QED) is 0.589. The molecule has 0 spiro atoms. The molecule has 0 aromatic heterocycles. The van der Waals surface area contributed by atoms with Gasteiger partial charge in [0.15, 0.2) is 0 Å². The van der Waals surface area contributed by atoms with Crippen LogP contribution in [0.3, 0.4) is 0 Å². The number of nitrogens with one attached hydrogen (secondary N) is 1. The molecule has 0 unspecified atom stereocenters. The maximum atomic E-state index is 5.15. The van der Waals surface area contributed by atoms with Gasteiger partial charge in [-0.1, -0.05) is 6.92 Å². The molecule has 0 radical (unpaired) electrons. The number of hydrogen-bond donors (Lipinski definition) is 2. The maximum Gasteiger partial charge on any atom is 0.00743 e. The molecule has 0 aliphatic rings. The SMILES string of the molecule is Br.CCNCCN. The molecule has 3 heteroatoms. The van der Waals surface area contributed by atoms with Crippen molar-refractivity contribution in [1.82, 2.24) is 5.32 Å². The Bertz CT molecular complexity index is 21.7. The van der Waals surface area contributed by atoms with Crippen molar-refractivity contribution >= 4 is 17.0 Å². The molecule has 2 nitrogen and oxygen atoms in total. The largest absolute Gasteiger partial charge is 0.329 e. The highest BCUT2D eigenvalue weighted by Gasteiger charge is 1.71. The van der Waals surface area contributed by atoms with Gasteiger partial charge in [-0.3, -0.25) is 0 Å². The van der Waals surface area contributed by atoms with Gasteiger partial charge in [0.05, 0.1) is 0 Å². The van der Waals surface area contributed by atoms with Crippen LogP contribution in [0.4, 0.5) is 0 Å². The van der Waals surface area contributed by atoms with Gasteiger partial charge in [-0.2, -0.15) is 0 Å². The van der Waals surface area contributed by atoms with E-state index in [0.29, 0.717) is 0 Å². The van der Waals surface area contributed by atoms with Crippen molar-refractivity contribution in [3.63, 3.8) is 0 Å². The van der Waals surface area contributed by atoms with Crippen LogP contribution >= 0.6 is 17.0 Å². The molecule has 0 aromatic carbocycles. The lowest BCUT2D eigenvalue weighted by Gasteiger charge is -1.92. The number of hydrogen-bond acceptors (Lipinski definition) is 2. The summed E-state index contributed by atoms with van der Waals surface area (Å²) in [5.41, 5.74) is 5.15. The zero-order valence-electron chi connectivity index (χ0n) is 4.61. The van der Waals surface area contributed by atoms with E-state index in [1.54, 1.807) is 0 Å². The summed E-state index contributed by atoms with van der Waals surface area (Å²) in [5.74, 6) is 0. The van der Waals surface area contributed by atoms with Crippen LogP contribution in [0.5, 0.6) is 0 Å². The first kappa shape index (κ1) is 10.4. The molecule has 0 saturated carbocycles. The van der Waals surface area contributed by atoms with Crippen LogP contribution in [0.1, 0.15) is 6.92 Å². The number of halogens is 1. The summed E-state index contributed by atoms with van der Waals surface area (Å²) in [6, 6.07) is 0. The highest BCUT2D eigenvalue weighted by Crippen LogP contribution is 1.48. The molecule has 3 N–H and O–H groups in total. The summed E-state index contributed by atoms with van der Waals surface area (Å²) in [4.78, 5) is 0. The Hall–Kier alpha value is 0.400. The van der Waals surface area contributed by atoms with E-state index in [2.05, 4.69) is 12.2 Å². The number of nitrogens with two attached hydrogens (primary N) is 1. The Morgan fingerprint density at radius 2 is 2.14 bits per heavy atom. The topological polar surface area (TPSA) is 38.0 Å². The lowest BCUT2D eigenvalue weighted by atomic mass is 10.6. The van der Waals surface area contributed by atoms with E-state index >= 15 is 0 Å². The average Bonchev–Trinajstić information content (AvgIpc) is 1.61. The van der Waals surface area contributed by atoms with Gasteiger partial charge in [-0.05, 0) is 6.54 Å². The molecular weight excluding hydrogens is 156 g/mol. The Labute approximate surface area is 55.2 Å². The third kappa shape index (κ3) is 10.7. The van der Waals surface area contributed by atoms with Crippen molar-refractivity contribution < 1.29 is 0 Å². The standard InChI is InChI=1S/C4H12N2.BrH/c1-2-6-4-3-5;/h6H,2-5H2,1H3;1H. The smallest absolute Gasteiger partial charge is 0.00743 e. The highest BCUT2D eigenvalue weighted by atomic mass is 79.9. The molecule has 0 fully saturated rings. The average molecular weight is 169 g/mol. The number of rotatable bonds is 3. The fourth-order valence-corrected chi connectivity index (χ4v) is 0.279. The molecule has 0 heterocycles. The molecule has 0 atom stereocenters. The summed E-state index contributed by atoms with van der Waals surface area (Å²) in [5, 5.41) is 3.07. The summed E-state index contributed by atoms with van der Waals surface area (Å²) in [6.07, 6.45) is 0. The van der Waals surface area contributed by atoms with E-state index in [1.165, 1.54) is 0 Å². The molecular formula is C4H13BrN2. The van der Waals surface area contributed by atoms with Crippen LogP contribution in [0, 0.1) is 0 Å². The second kappa shape index (κ2) is 9.64. The Morgan fingerprint density at radius 3 is 2.29 bits per heavy atom. The zero-order valence-corrected chi connectivity index (χ0v) is 6.32.